The molecule has 0 radical (unpaired) electrons. The van der Waals surface area contributed by atoms with E-state index in [1.54, 1.807) is 12.3 Å². The van der Waals surface area contributed by atoms with E-state index in [0.29, 0.717) is 36.5 Å². The van der Waals surface area contributed by atoms with Crippen molar-refractivity contribution in [2.75, 3.05) is 0 Å². The maximum atomic E-state index is 12.8. The molecule has 6 heteroatoms. The lowest BCUT2D eigenvalue weighted by molar-refractivity contribution is -0.122. The lowest BCUT2D eigenvalue weighted by Gasteiger charge is -2.13. The topological polar surface area (TPSA) is 76.9 Å². The van der Waals surface area contributed by atoms with Crippen molar-refractivity contribution in [3.05, 3.63) is 70.4 Å². The Morgan fingerprint density at radius 3 is 2.57 bits per heavy atom. The van der Waals surface area contributed by atoms with Crippen LogP contribution in [0.1, 0.15) is 43.5 Å². The van der Waals surface area contributed by atoms with Gasteiger partial charge in [-0.05, 0) is 37.0 Å². The summed E-state index contributed by atoms with van der Waals surface area (Å²) in [4.78, 5) is 29.5. The van der Waals surface area contributed by atoms with Gasteiger partial charge in [0.15, 0.2) is 0 Å². The molecule has 1 amide bonds. The van der Waals surface area contributed by atoms with Gasteiger partial charge in [0.1, 0.15) is 0 Å². The molecule has 2 heterocycles. The van der Waals surface area contributed by atoms with Crippen LogP contribution >= 0.6 is 0 Å². The summed E-state index contributed by atoms with van der Waals surface area (Å²) in [6.07, 6.45) is 7.01. The second kappa shape index (κ2) is 8.33. The van der Waals surface area contributed by atoms with Crippen molar-refractivity contribution in [1.29, 1.82) is 0 Å². The van der Waals surface area contributed by atoms with Gasteiger partial charge >= 0.3 is 0 Å². The van der Waals surface area contributed by atoms with E-state index in [9.17, 15) is 9.59 Å². The molecule has 0 saturated heterocycles. The van der Waals surface area contributed by atoms with E-state index in [4.69, 9.17) is 0 Å². The second-order valence-electron chi connectivity index (χ2n) is 7.41. The highest BCUT2D eigenvalue weighted by Crippen LogP contribution is 2.27. The molecule has 0 bridgehead atoms. The number of fused-ring (bicyclic) bond motifs is 1. The van der Waals surface area contributed by atoms with Crippen molar-refractivity contribution in [1.82, 2.24) is 20.1 Å². The normalized spacial score (nSPS) is 14.4. The minimum absolute atomic E-state index is 0.0558. The third-order valence-electron chi connectivity index (χ3n) is 5.38. The number of benzene rings is 1. The first-order valence-corrected chi connectivity index (χ1v) is 9.86. The number of pyridine rings is 1. The number of hydrogen-bond donors (Lipinski definition) is 1. The summed E-state index contributed by atoms with van der Waals surface area (Å²) in [5.74, 6) is 0.558. The van der Waals surface area contributed by atoms with Gasteiger partial charge in [0.2, 0.25) is 5.91 Å². The Morgan fingerprint density at radius 1 is 1.07 bits per heavy atom. The Balaban J connectivity index is 1.58. The van der Waals surface area contributed by atoms with Gasteiger partial charge in [-0.25, -0.2) is 4.68 Å². The van der Waals surface area contributed by atoms with Crippen molar-refractivity contribution in [2.45, 2.75) is 45.2 Å². The lowest BCUT2D eigenvalue weighted by Crippen LogP contribution is -2.29. The molecule has 0 unspecified atom stereocenters. The summed E-state index contributed by atoms with van der Waals surface area (Å²) < 4.78 is 1.43. The van der Waals surface area contributed by atoms with Crippen LogP contribution in [0.4, 0.5) is 0 Å². The first-order valence-electron chi connectivity index (χ1n) is 9.86. The minimum Gasteiger partial charge on any atom is -0.350 e. The summed E-state index contributed by atoms with van der Waals surface area (Å²) in [6, 6.07) is 13.0. The summed E-state index contributed by atoms with van der Waals surface area (Å²) in [6.45, 7) is 0.613. The van der Waals surface area contributed by atoms with Gasteiger partial charge in [-0.15, -0.1) is 0 Å². The van der Waals surface area contributed by atoms with Gasteiger partial charge in [0.05, 0.1) is 29.9 Å². The van der Waals surface area contributed by atoms with Crippen molar-refractivity contribution in [2.24, 2.45) is 5.92 Å². The predicted molar refractivity (Wildman–Crippen MR) is 108 cm³/mol. The molecule has 0 aliphatic heterocycles. The van der Waals surface area contributed by atoms with Crippen molar-refractivity contribution in [3.63, 3.8) is 0 Å². The van der Waals surface area contributed by atoms with E-state index in [0.717, 1.165) is 23.9 Å². The number of carbonyl (C=O) groups is 1. The van der Waals surface area contributed by atoms with Gasteiger partial charge < -0.3 is 5.32 Å². The number of aromatic nitrogens is 3. The van der Waals surface area contributed by atoms with Gasteiger partial charge in [0, 0.05) is 18.0 Å². The van der Waals surface area contributed by atoms with Gasteiger partial charge in [-0.1, -0.05) is 37.1 Å². The van der Waals surface area contributed by atoms with Crippen LogP contribution in [0.3, 0.4) is 0 Å². The molecule has 0 atom stereocenters. The molecule has 1 aliphatic rings. The van der Waals surface area contributed by atoms with Crippen molar-refractivity contribution < 1.29 is 4.79 Å². The molecule has 1 aliphatic carbocycles. The van der Waals surface area contributed by atoms with Crippen LogP contribution in [0.15, 0.2) is 53.5 Å². The highest BCUT2D eigenvalue weighted by Gasteiger charge is 2.19. The molecule has 0 spiro atoms. The van der Waals surface area contributed by atoms with Crippen molar-refractivity contribution >= 4 is 16.7 Å². The highest BCUT2D eigenvalue weighted by molar-refractivity contribution is 5.84. The van der Waals surface area contributed by atoms with E-state index < -0.39 is 0 Å². The number of nitrogens with zero attached hydrogens (tertiary/aromatic N) is 3. The monoisotopic (exact) mass is 376 g/mol. The van der Waals surface area contributed by atoms with Crippen LogP contribution < -0.4 is 10.9 Å². The molecule has 3 aromatic rings. The largest absolute Gasteiger partial charge is 0.350 e. The Labute approximate surface area is 163 Å². The van der Waals surface area contributed by atoms with E-state index in [1.165, 1.54) is 17.5 Å². The van der Waals surface area contributed by atoms with Crippen LogP contribution in [0.5, 0.6) is 0 Å². The van der Waals surface area contributed by atoms with E-state index in [-0.39, 0.29) is 11.5 Å². The Bertz CT molecular complexity index is 1020. The fourth-order valence-electron chi connectivity index (χ4n) is 3.92. The second-order valence-corrected chi connectivity index (χ2v) is 7.41. The molecule has 28 heavy (non-hydrogen) atoms. The maximum Gasteiger partial charge on any atom is 0.275 e. The number of hydrogen-bond acceptors (Lipinski definition) is 4. The number of nitrogens with one attached hydrogen (secondary N) is 1. The van der Waals surface area contributed by atoms with E-state index in [1.807, 2.05) is 36.4 Å². The third kappa shape index (κ3) is 4.11. The summed E-state index contributed by atoms with van der Waals surface area (Å²) >= 11 is 0. The Morgan fingerprint density at radius 2 is 1.82 bits per heavy atom. The number of rotatable bonds is 6. The van der Waals surface area contributed by atoms with Crippen LogP contribution in [0.2, 0.25) is 0 Å². The zero-order valence-electron chi connectivity index (χ0n) is 15.8. The molecule has 144 valence electrons. The zero-order chi connectivity index (χ0) is 19.3. The summed E-state index contributed by atoms with van der Waals surface area (Å²) in [5, 5.41) is 8.93. The third-order valence-corrected chi connectivity index (χ3v) is 5.38. The van der Waals surface area contributed by atoms with Crippen LogP contribution in [0, 0.1) is 5.92 Å². The van der Waals surface area contributed by atoms with Gasteiger partial charge in [-0.3, -0.25) is 14.6 Å². The lowest BCUT2D eigenvalue weighted by atomic mass is 10.0. The smallest absolute Gasteiger partial charge is 0.275 e. The summed E-state index contributed by atoms with van der Waals surface area (Å²) in [5.41, 5.74) is 1.32. The molecule has 2 aromatic heterocycles. The van der Waals surface area contributed by atoms with E-state index >= 15 is 0 Å². The Kier molecular flexibility index (Phi) is 5.46. The van der Waals surface area contributed by atoms with E-state index in [2.05, 4.69) is 15.4 Å². The number of amides is 1. The molecule has 1 N–H and O–H groups in total. The molecular weight excluding hydrogens is 352 g/mol. The predicted octanol–water partition coefficient (Wildman–Crippen LogP) is 3.04. The van der Waals surface area contributed by atoms with Crippen molar-refractivity contribution in [3.8, 4) is 0 Å². The minimum atomic E-state index is -0.151. The molecule has 1 aromatic carbocycles. The SMILES string of the molecule is O=C(CC1CCCC1)NCc1nn(Cc2ccccn2)c(=O)c2ccccc12. The fraction of sp³-hybridized carbons (Fsp3) is 0.364. The molecule has 6 nitrogen and oxygen atoms in total. The maximum absolute atomic E-state index is 12.8. The van der Waals surface area contributed by atoms with Crippen LogP contribution in [-0.2, 0) is 17.9 Å². The number of carbonyl (C=O) groups excluding carboxylic acids is 1. The first-order chi connectivity index (χ1) is 13.7. The van der Waals surface area contributed by atoms with Gasteiger partial charge in [-0.2, -0.15) is 5.10 Å². The van der Waals surface area contributed by atoms with Gasteiger partial charge in [0.25, 0.3) is 5.56 Å². The average Bonchev–Trinajstić information content (AvgIpc) is 3.23. The molecule has 4 rings (SSSR count). The van der Waals surface area contributed by atoms with Crippen LogP contribution in [0.25, 0.3) is 10.8 Å². The highest BCUT2D eigenvalue weighted by atomic mass is 16.1. The standard InChI is InChI=1S/C22H24N4O2/c27-21(13-16-7-1-2-8-16)24-14-20-18-10-3-4-11-19(18)22(28)26(25-20)15-17-9-5-6-12-23-17/h3-6,9-12,16H,1-2,7-8,13-15H2,(H,24,27). The molecule has 1 fully saturated rings. The fourth-order valence-corrected chi connectivity index (χ4v) is 3.92. The first kappa shape index (κ1) is 18.3. The quantitative estimate of drug-likeness (QED) is 0.717. The molecule has 1 saturated carbocycles. The summed E-state index contributed by atoms with van der Waals surface area (Å²) in [7, 11) is 0. The Hall–Kier alpha value is -3.02. The van der Waals surface area contributed by atoms with Crippen LogP contribution in [-0.4, -0.2) is 20.7 Å². The molecular formula is C22H24N4O2. The zero-order valence-corrected chi connectivity index (χ0v) is 15.8. The average molecular weight is 376 g/mol.